The van der Waals surface area contributed by atoms with Crippen molar-refractivity contribution in [2.45, 2.75) is 26.8 Å². The fourth-order valence-corrected chi connectivity index (χ4v) is 1.73. The van der Waals surface area contributed by atoms with Crippen molar-refractivity contribution in [1.82, 2.24) is 14.9 Å². The van der Waals surface area contributed by atoms with Crippen molar-refractivity contribution in [2.75, 3.05) is 25.0 Å². The standard InChI is InChI=1S/C11H19ClN4/c1-4-16(5-2)8-9(3)14-11-7-13-6-10(12)15-11/h6-7,9H,4-5,8H2,1-3H3,(H,14,15). The van der Waals surface area contributed by atoms with Gasteiger partial charge in [-0.3, -0.25) is 4.98 Å². The summed E-state index contributed by atoms with van der Waals surface area (Å²) in [6.45, 7) is 9.56. The Kier molecular flexibility index (Phi) is 5.49. The second-order valence-corrected chi connectivity index (χ2v) is 4.15. The average Bonchev–Trinajstić information content (AvgIpc) is 2.26. The third-order valence-corrected chi connectivity index (χ3v) is 2.61. The molecule has 0 aromatic carbocycles. The lowest BCUT2D eigenvalue weighted by atomic mass is 10.3. The maximum Gasteiger partial charge on any atom is 0.149 e. The Labute approximate surface area is 102 Å². The summed E-state index contributed by atoms with van der Waals surface area (Å²) < 4.78 is 0. The van der Waals surface area contributed by atoms with Crippen LogP contribution in [0.4, 0.5) is 5.82 Å². The van der Waals surface area contributed by atoms with E-state index in [1.165, 1.54) is 6.20 Å². The topological polar surface area (TPSA) is 41.0 Å². The highest BCUT2D eigenvalue weighted by atomic mass is 35.5. The molecule has 1 aromatic heterocycles. The van der Waals surface area contributed by atoms with Crippen molar-refractivity contribution in [3.8, 4) is 0 Å². The van der Waals surface area contributed by atoms with E-state index in [-0.39, 0.29) is 0 Å². The van der Waals surface area contributed by atoms with Crippen molar-refractivity contribution in [3.05, 3.63) is 17.5 Å². The zero-order valence-electron chi connectivity index (χ0n) is 10.1. The van der Waals surface area contributed by atoms with Crippen molar-refractivity contribution in [3.63, 3.8) is 0 Å². The van der Waals surface area contributed by atoms with Gasteiger partial charge >= 0.3 is 0 Å². The molecule has 1 unspecified atom stereocenters. The van der Waals surface area contributed by atoms with Crippen LogP contribution in [-0.4, -0.2) is 40.5 Å². The van der Waals surface area contributed by atoms with Gasteiger partial charge in [0.1, 0.15) is 11.0 Å². The fourth-order valence-electron chi connectivity index (χ4n) is 1.58. The summed E-state index contributed by atoms with van der Waals surface area (Å²) in [6, 6.07) is 0.327. The van der Waals surface area contributed by atoms with Gasteiger partial charge in [0, 0.05) is 12.6 Å². The monoisotopic (exact) mass is 242 g/mol. The van der Waals surface area contributed by atoms with Crippen molar-refractivity contribution < 1.29 is 0 Å². The normalized spacial score (nSPS) is 12.8. The van der Waals surface area contributed by atoms with Crippen LogP contribution in [0.2, 0.25) is 5.15 Å². The van der Waals surface area contributed by atoms with Gasteiger partial charge in [-0.15, -0.1) is 0 Å². The van der Waals surface area contributed by atoms with Crippen molar-refractivity contribution in [1.29, 1.82) is 0 Å². The summed E-state index contributed by atoms with van der Waals surface area (Å²) in [5.41, 5.74) is 0. The van der Waals surface area contributed by atoms with Crippen molar-refractivity contribution >= 4 is 17.4 Å². The van der Waals surface area contributed by atoms with Crippen LogP contribution < -0.4 is 5.32 Å². The summed E-state index contributed by atoms with van der Waals surface area (Å²) in [4.78, 5) is 10.5. The molecule has 0 radical (unpaired) electrons. The van der Waals surface area contributed by atoms with Crippen LogP contribution in [0.3, 0.4) is 0 Å². The molecule has 4 nitrogen and oxygen atoms in total. The smallest absolute Gasteiger partial charge is 0.149 e. The Hall–Kier alpha value is -0.870. The van der Waals surface area contributed by atoms with Crippen LogP contribution in [0.15, 0.2) is 12.4 Å². The number of nitrogens with one attached hydrogen (secondary N) is 1. The van der Waals surface area contributed by atoms with Crippen LogP contribution in [0.5, 0.6) is 0 Å². The highest BCUT2D eigenvalue weighted by Crippen LogP contribution is 2.08. The summed E-state index contributed by atoms with van der Waals surface area (Å²) >= 11 is 5.76. The van der Waals surface area contributed by atoms with Gasteiger partial charge in [-0.25, -0.2) is 4.98 Å². The number of hydrogen-bond donors (Lipinski definition) is 1. The maximum atomic E-state index is 5.76. The molecular weight excluding hydrogens is 224 g/mol. The fraction of sp³-hybridized carbons (Fsp3) is 0.636. The second kappa shape index (κ2) is 6.66. The Bertz CT molecular complexity index is 315. The Morgan fingerprint density at radius 3 is 2.62 bits per heavy atom. The van der Waals surface area contributed by atoms with Gasteiger partial charge < -0.3 is 10.2 Å². The SMILES string of the molecule is CCN(CC)CC(C)Nc1cncc(Cl)n1. The lowest BCUT2D eigenvalue weighted by Crippen LogP contribution is -2.34. The molecule has 5 heteroatoms. The number of rotatable bonds is 6. The van der Waals surface area contributed by atoms with Gasteiger partial charge in [-0.2, -0.15) is 0 Å². The van der Waals surface area contributed by atoms with E-state index in [1.807, 2.05) is 0 Å². The number of halogens is 1. The van der Waals surface area contributed by atoms with Crippen molar-refractivity contribution in [2.24, 2.45) is 0 Å². The van der Waals surface area contributed by atoms with E-state index in [0.717, 1.165) is 25.5 Å². The van der Waals surface area contributed by atoms with Crippen LogP contribution in [0, 0.1) is 0 Å². The van der Waals surface area contributed by atoms with Gasteiger partial charge in [0.05, 0.1) is 12.4 Å². The Balaban J connectivity index is 2.47. The summed E-state index contributed by atoms with van der Waals surface area (Å²) in [6.07, 6.45) is 3.21. The molecule has 0 aliphatic rings. The first-order chi connectivity index (χ1) is 7.65. The molecule has 1 aromatic rings. The summed E-state index contributed by atoms with van der Waals surface area (Å²) in [5.74, 6) is 0.729. The van der Waals surface area contributed by atoms with E-state index in [0.29, 0.717) is 11.2 Å². The van der Waals surface area contributed by atoms with Gasteiger partial charge in [-0.1, -0.05) is 25.4 Å². The second-order valence-electron chi connectivity index (χ2n) is 3.76. The molecule has 1 rings (SSSR count). The zero-order chi connectivity index (χ0) is 12.0. The molecule has 0 fully saturated rings. The Morgan fingerprint density at radius 1 is 1.38 bits per heavy atom. The van der Waals surface area contributed by atoms with E-state index < -0.39 is 0 Å². The third-order valence-electron chi connectivity index (χ3n) is 2.43. The molecule has 0 aliphatic heterocycles. The van der Waals surface area contributed by atoms with E-state index >= 15 is 0 Å². The number of likely N-dealkylation sites (N-methyl/N-ethyl adjacent to an activating group) is 1. The highest BCUT2D eigenvalue weighted by molar-refractivity contribution is 6.29. The largest absolute Gasteiger partial charge is 0.365 e. The number of anilines is 1. The van der Waals surface area contributed by atoms with Gasteiger partial charge in [-0.05, 0) is 20.0 Å². The quantitative estimate of drug-likeness (QED) is 0.831. The first-order valence-electron chi connectivity index (χ1n) is 5.62. The summed E-state index contributed by atoms with van der Waals surface area (Å²) in [5, 5.41) is 3.70. The molecular formula is C11H19ClN4. The predicted molar refractivity (Wildman–Crippen MR) is 67.9 cm³/mol. The van der Waals surface area contributed by atoms with E-state index in [1.54, 1.807) is 6.20 Å². The van der Waals surface area contributed by atoms with E-state index in [9.17, 15) is 0 Å². The number of hydrogen-bond acceptors (Lipinski definition) is 4. The highest BCUT2D eigenvalue weighted by Gasteiger charge is 2.07. The minimum absolute atomic E-state index is 0.327. The molecule has 0 bridgehead atoms. The van der Waals surface area contributed by atoms with Gasteiger partial charge in [0.15, 0.2) is 0 Å². The molecule has 1 atom stereocenters. The number of aromatic nitrogens is 2. The first kappa shape index (κ1) is 13.2. The van der Waals surface area contributed by atoms with Crippen LogP contribution in [0.1, 0.15) is 20.8 Å². The lowest BCUT2D eigenvalue weighted by Gasteiger charge is -2.23. The van der Waals surface area contributed by atoms with Gasteiger partial charge in [0.25, 0.3) is 0 Å². The molecule has 0 spiro atoms. The lowest BCUT2D eigenvalue weighted by molar-refractivity contribution is 0.294. The minimum Gasteiger partial charge on any atom is -0.365 e. The predicted octanol–water partition coefficient (Wildman–Crippen LogP) is 2.27. The molecule has 1 N–H and O–H groups in total. The van der Waals surface area contributed by atoms with Gasteiger partial charge in [0.2, 0.25) is 0 Å². The Morgan fingerprint density at radius 2 is 2.06 bits per heavy atom. The zero-order valence-corrected chi connectivity index (χ0v) is 10.8. The molecule has 0 amide bonds. The van der Waals surface area contributed by atoms with Crippen LogP contribution in [0.25, 0.3) is 0 Å². The van der Waals surface area contributed by atoms with E-state index in [4.69, 9.17) is 11.6 Å². The molecule has 16 heavy (non-hydrogen) atoms. The third kappa shape index (κ3) is 4.33. The number of nitrogens with zero attached hydrogens (tertiary/aromatic N) is 3. The minimum atomic E-state index is 0.327. The molecule has 90 valence electrons. The average molecular weight is 243 g/mol. The van der Waals surface area contributed by atoms with Crippen LogP contribution in [-0.2, 0) is 0 Å². The molecule has 0 aliphatic carbocycles. The molecule has 0 saturated heterocycles. The molecule has 0 saturated carbocycles. The maximum absolute atomic E-state index is 5.76. The first-order valence-corrected chi connectivity index (χ1v) is 6.00. The van der Waals surface area contributed by atoms with E-state index in [2.05, 4.69) is 41.0 Å². The molecule has 1 heterocycles. The summed E-state index contributed by atoms with van der Waals surface area (Å²) in [7, 11) is 0. The van der Waals surface area contributed by atoms with Crippen LogP contribution >= 0.6 is 11.6 Å².